The molecule has 0 saturated heterocycles. The number of aliphatic hydroxyl groups is 2. The highest BCUT2D eigenvalue weighted by Crippen LogP contribution is 2.68. The van der Waals surface area contributed by atoms with E-state index in [1.165, 1.54) is 25.7 Å². The largest absolute Gasteiger partial charge is 0.390 e. The van der Waals surface area contributed by atoms with Crippen LogP contribution < -0.4 is 5.32 Å². The van der Waals surface area contributed by atoms with Crippen molar-refractivity contribution in [2.45, 2.75) is 63.3 Å². The van der Waals surface area contributed by atoms with Gasteiger partial charge in [-0.15, -0.1) is 11.6 Å². The Labute approximate surface area is 168 Å². The predicted octanol–water partition coefficient (Wildman–Crippen LogP) is 2.26. The molecule has 4 saturated carbocycles. The van der Waals surface area contributed by atoms with Gasteiger partial charge in [0.15, 0.2) is 11.5 Å². The van der Waals surface area contributed by atoms with Crippen LogP contribution in [-0.4, -0.2) is 53.9 Å². The number of halogens is 1. The van der Waals surface area contributed by atoms with Crippen LogP contribution in [0.15, 0.2) is 6.33 Å². The highest BCUT2D eigenvalue weighted by atomic mass is 35.5. The molecule has 4 aliphatic carbocycles. The average molecular weight is 404 g/mol. The van der Waals surface area contributed by atoms with Crippen LogP contribution in [0.2, 0.25) is 0 Å². The van der Waals surface area contributed by atoms with E-state index in [0.29, 0.717) is 17.7 Å². The molecule has 4 aliphatic rings. The lowest BCUT2D eigenvalue weighted by molar-refractivity contribution is -0.0129. The first-order chi connectivity index (χ1) is 13.5. The third-order valence-corrected chi connectivity index (χ3v) is 8.51. The van der Waals surface area contributed by atoms with Crippen LogP contribution >= 0.6 is 11.6 Å². The summed E-state index contributed by atoms with van der Waals surface area (Å²) in [5.74, 6) is 3.60. The molecule has 8 heteroatoms. The van der Waals surface area contributed by atoms with Gasteiger partial charge < -0.3 is 20.1 Å². The van der Waals surface area contributed by atoms with E-state index in [1.807, 2.05) is 11.5 Å². The van der Waals surface area contributed by atoms with E-state index in [1.54, 1.807) is 6.33 Å². The van der Waals surface area contributed by atoms with E-state index < -0.39 is 12.2 Å². The molecular weight excluding hydrogens is 378 g/mol. The van der Waals surface area contributed by atoms with Gasteiger partial charge in [-0.1, -0.05) is 6.42 Å². The first-order valence-electron chi connectivity index (χ1n) is 10.4. The van der Waals surface area contributed by atoms with Gasteiger partial charge in [-0.2, -0.15) is 0 Å². The zero-order chi connectivity index (χ0) is 19.2. The Kier molecular flexibility index (Phi) is 3.61. The molecule has 6 rings (SSSR count). The minimum absolute atomic E-state index is 0.157. The molecule has 0 aliphatic heterocycles. The van der Waals surface area contributed by atoms with Gasteiger partial charge in [-0.25, -0.2) is 15.0 Å². The molecule has 4 fully saturated rings. The molecule has 28 heavy (non-hydrogen) atoms. The van der Waals surface area contributed by atoms with Crippen LogP contribution in [0.3, 0.4) is 0 Å². The number of aromatic nitrogens is 4. The molecule has 150 valence electrons. The molecule has 3 N–H and O–H groups in total. The number of hydrogen-bond acceptors (Lipinski definition) is 6. The number of rotatable bonds is 4. The number of aliphatic hydroxyl groups excluding tert-OH is 2. The zero-order valence-corrected chi connectivity index (χ0v) is 16.7. The van der Waals surface area contributed by atoms with Gasteiger partial charge in [0.05, 0.1) is 18.5 Å². The Balaban J connectivity index is 1.37. The fourth-order valence-electron chi connectivity index (χ4n) is 6.45. The highest BCUT2D eigenvalue weighted by molar-refractivity contribution is 6.18. The maximum Gasteiger partial charge on any atom is 0.166 e. The summed E-state index contributed by atoms with van der Waals surface area (Å²) in [5, 5.41) is 24.9. The summed E-state index contributed by atoms with van der Waals surface area (Å²) in [6.07, 6.45) is 6.13. The predicted molar refractivity (Wildman–Crippen MR) is 105 cm³/mol. The molecule has 0 amide bonds. The van der Waals surface area contributed by atoms with Crippen molar-refractivity contribution in [2.24, 2.45) is 23.2 Å². The summed E-state index contributed by atoms with van der Waals surface area (Å²) < 4.78 is 1.94. The fraction of sp³-hybridized carbons (Fsp3) is 0.750. The van der Waals surface area contributed by atoms with E-state index in [4.69, 9.17) is 11.6 Å². The Morgan fingerprint density at radius 1 is 1.29 bits per heavy atom. The van der Waals surface area contributed by atoms with Crippen LogP contribution in [0.5, 0.6) is 0 Å². The number of nitrogens with one attached hydrogen (secondary N) is 1. The number of fused-ring (bicyclic) bond motifs is 4. The Bertz CT molecular complexity index is 950. The summed E-state index contributed by atoms with van der Waals surface area (Å²) >= 11 is 6.14. The van der Waals surface area contributed by atoms with Crippen molar-refractivity contribution in [1.82, 2.24) is 19.5 Å². The second-order valence-corrected chi connectivity index (χ2v) is 9.74. The monoisotopic (exact) mass is 403 g/mol. The second-order valence-electron chi connectivity index (χ2n) is 9.47. The maximum atomic E-state index is 10.7. The Hall–Kier alpha value is -1.44. The van der Waals surface area contributed by atoms with Crippen molar-refractivity contribution in [1.29, 1.82) is 0 Å². The quantitative estimate of drug-likeness (QED) is 0.677. The Morgan fingerprint density at radius 3 is 2.82 bits per heavy atom. The molecule has 7 nitrogen and oxygen atoms in total. The number of hydrogen-bond donors (Lipinski definition) is 3. The number of alkyl halides is 1. The van der Waals surface area contributed by atoms with Crippen LogP contribution in [0, 0.1) is 30.1 Å². The molecule has 5 unspecified atom stereocenters. The third kappa shape index (κ3) is 2.21. The lowest BCUT2D eigenvalue weighted by atomic mass is 9.95. The second kappa shape index (κ2) is 5.80. The van der Waals surface area contributed by atoms with E-state index in [9.17, 15) is 10.2 Å². The van der Waals surface area contributed by atoms with Gasteiger partial charge >= 0.3 is 0 Å². The number of aryl methyl sites for hydroxylation is 1. The first-order valence-corrected chi connectivity index (χ1v) is 10.9. The smallest absolute Gasteiger partial charge is 0.166 e. The van der Waals surface area contributed by atoms with Crippen LogP contribution in [0.4, 0.5) is 5.82 Å². The van der Waals surface area contributed by atoms with Crippen molar-refractivity contribution in [3.63, 3.8) is 0 Å². The van der Waals surface area contributed by atoms with Gasteiger partial charge in [-0.3, -0.25) is 0 Å². The van der Waals surface area contributed by atoms with E-state index in [2.05, 4.69) is 20.3 Å². The molecule has 2 heterocycles. The van der Waals surface area contributed by atoms with Gasteiger partial charge in [0.2, 0.25) is 0 Å². The van der Waals surface area contributed by atoms with Crippen LogP contribution in [-0.2, 0) is 0 Å². The van der Waals surface area contributed by atoms with Crippen molar-refractivity contribution < 1.29 is 10.2 Å². The molecule has 2 aromatic heterocycles. The van der Waals surface area contributed by atoms with Crippen molar-refractivity contribution >= 4 is 28.6 Å². The van der Waals surface area contributed by atoms with Gasteiger partial charge in [-0.05, 0) is 50.4 Å². The SMILES string of the molecule is Cc1nc(NC2CC3CCC2C3)c2ncn([C@@H]3C4C[C@@]4(CCl)C(O)[C@H]3O)c2n1. The van der Waals surface area contributed by atoms with Crippen molar-refractivity contribution in [3.05, 3.63) is 12.2 Å². The molecule has 2 bridgehead atoms. The number of imidazole rings is 1. The number of nitrogens with zero attached hydrogens (tertiary/aromatic N) is 4. The molecule has 0 aromatic carbocycles. The zero-order valence-electron chi connectivity index (χ0n) is 15.9. The first kappa shape index (κ1) is 17.4. The molecule has 0 spiro atoms. The van der Waals surface area contributed by atoms with E-state index in [-0.39, 0.29) is 17.4 Å². The topological polar surface area (TPSA) is 96.1 Å². The molecular formula is C20H26ClN5O2. The van der Waals surface area contributed by atoms with Gasteiger partial charge in [0, 0.05) is 17.3 Å². The summed E-state index contributed by atoms with van der Waals surface area (Å²) in [6, 6.07) is 0.219. The standard InChI is InChI=1S/C20H26ClN5O2/c1-9-23-18(25-13-5-10-2-3-11(13)4-10)14-19(24-9)26(8-22-14)15-12-6-20(12,7-21)17(28)16(15)27/h8,10-13,15-17,27-28H,2-7H2,1H3,(H,23,24,25)/t10?,11?,12?,13?,15-,16+,17?,20+/m1/s1. The van der Waals surface area contributed by atoms with E-state index in [0.717, 1.165) is 35.2 Å². The van der Waals surface area contributed by atoms with E-state index >= 15 is 0 Å². The third-order valence-electron chi connectivity index (χ3n) is 8.02. The minimum atomic E-state index is -0.854. The normalized spacial score (nSPS) is 43.6. The summed E-state index contributed by atoms with van der Waals surface area (Å²) in [6.45, 7) is 1.89. The van der Waals surface area contributed by atoms with Crippen molar-refractivity contribution in [2.75, 3.05) is 11.2 Å². The molecule has 2 aromatic rings. The lowest BCUT2D eigenvalue weighted by Crippen LogP contribution is -2.34. The molecule has 0 radical (unpaired) electrons. The highest BCUT2D eigenvalue weighted by Gasteiger charge is 2.71. The van der Waals surface area contributed by atoms with Crippen molar-refractivity contribution in [3.8, 4) is 0 Å². The summed E-state index contributed by atoms with van der Waals surface area (Å²) in [7, 11) is 0. The summed E-state index contributed by atoms with van der Waals surface area (Å²) in [5.41, 5.74) is 1.11. The maximum absolute atomic E-state index is 10.7. The lowest BCUT2D eigenvalue weighted by Gasteiger charge is -2.24. The van der Waals surface area contributed by atoms with Crippen LogP contribution in [0.1, 0.15) is 44.0 Å². The Morgan fingerprint density at radius 2 is 2.14 bits per heavy atom. The van der Waals surface area contributed by atoms with Gasteiger partial charge in [0.25, 0.3) is 0 Å². The fourth-order valence-corrected chi connectivity index (χ4v) is 6.91. The minimum Gasteiger partial charge on any atom is -0.390 e. The molecule has 8 atom stereocenters. The van der Waals surface area contributed by atoms with Crippen LogP contribution in [0.25, 0.3) is 11.2 Å². The summed E-state index contributed by atoms with van der Waals surface area (Å²) in [4.78, 5) is 13.9. The number of anilines is 1. The average Bonchev–Trinajstić information content (AvgIpc) is 3.04. The van der Waals surface area contributed by atoms with Gasteiger partial charge in [0.1, 0.15) is 17.4 Å².